The van der Waals surface area contributed by atoms with Crippen molar-refractivity contribution < 1.29 is 0 Å². The highest BCUT2D eigenvalue weighted by Gasteiger charge is 2.38. The molecule has 1 N–H and O–H groups in total. The SMILES string of the molecule is CCCCC1CCC(CNCC(C)C)(C(C)CCC)CC1. The highest BCUT2D eigenvalue weighted by Crippen LogP contribution is 2.46. The van der Waals surface area contributed by atoms with E-state index in [9.17, 15) is 0 Å². The van der Waals surface area contributed by atoms with Crippen LogP contribution in [0.4, 0.5) is 0 Å². The van der Waals surface area contributed by atoms with E-state index < -0.39 is 0 Å². The molecule has 1 unspecified atom stereocenters. The predicted octanol–water partition coefficient (Wildman–Crippen LogP) is 6.04. The average molecular weight is 296 g/mol. The Labute approximate surface area is 134 Å². The van der Waals surface area contributed by atoms with E-state index in [2.05, 4.69) is 39.9 Å². The van der Waals surface area contributed by atoms with Crippen LogP contribution in [0.5, 0.6) is 0 Å². The van der Waals surface area contributed by atoms with E-state index in [1.807, 2.05) is 0 Å². The summed E-state index contributed by atoms with van der Waals surface area (Å²) in [4.78, 5) is 0. The van der Waals surface area contributed by atoms with Crippen LogP contribution in [0, 0.1) is 23.2 Å². The third kappa shape index (κ3) is 6.30. The van der Waals surface area contributed by atoms with Gasteiger partial charge in [0.15, 0.2) is 0 Å². The number of hydrogen-bond acceptors (Lipinski definition) is 1. The van der Waals surface area contributed by atoms with E-state index in [-0.39, 0.29) is 0 Å². The summed E-state index contributed by atoms with van der Waals surface area (Å²) >= 11 is 0. The molecule has 0 radical (unpaired) electrons. The average Bonchev–Trinajstić information content (AvgIpc) is 2.46. The lowest BCUT2D eigenvalue weighted by Crippen LogP contribution is -2.43. The van der Waals surface area contributed by atoms with E-state index in [0.29, 0.717) is 5.41 Å². The van der Waals surface area contributed by atoms with Crippen LogP contribution in [0.1, 0.15) is 92.4 Å². The van der Waals surface area contributed by atoms with Gasteiger partial charge in [0.1, 0.15) is 0 Å². The Morgan fingerprint density at radius 2 is 1.71 bits per heavy atom. The molecule has 1 fully saturated rings. The van der Waals surface area contributed by atoms with Crippen LogP contribution in [0.2, 0.25) is 0 Å². The maximum absolute atomic E-state index is 3.79. The Balaban J connectivity index is 2.54. The monoisotopic (exact) mass is 295 g/mol. The van der Waals surface area contributed by atoms with Crippen molar-refractivity contribution in [2.24, 2.45) is 23.2 Å². The van der Waals surface area contributed by atoms with Crippen molar-refractivity contribution in [2.45, 2.75) is 92.4 Å². The number of hydrogen-bond donors (Lipinski definition) is 1. The molecule has 0 spiro atoms. The molecule has 0 saturated heterocycles. The molecule has 1 rings (SSSR count). The molecule has 0 heterocycles. The van der Waals surface area contributed by atoms with Gasteiger partial charge in [-0.15, -0.1) is 0 Å². The summed E-state index contributed by atoms with van der Waals surface area (Å²) in [7, 11) is 0. The predicted molar refractivity (Wildman–Crippen MR) is 95.7 cm³/mol. The van der Waals surface area contributed by atoms with Crippen molar-refractivity contribution in [2.75, 3.05) is 13.1 Å². The second-order valence-electron chi connectivity index (χ2n) is 8.16. The molecule has 0 aliphatic heterocycles. The van der Waals surface area contributed by atoms with Crippen LogP contribution in [-0.4, -0.2) is 13.1 Å². The topological polar surface area (TPSA) is 12.0 Å². The Bertz CT molecular complexity index is 251. The molecule has 0 aromatic carbocycles. The minimum atomic E-state index is 0.591. The van der Waals surface area contributed by atoms with Crippen molar-refractivity contribution in [1.82, 2.24) is 5.32 Å². The first kappa shape index (κ1) is 19.0. The maximum Gasteiger partial charge on any atom is 0.00105 e. The lowest BCUT2D eigenvalue weighted by atomic mass is 9.62. The number of rotatable bonds is 10. The van der Waals surface area contributed by atoms with Crippen LogP contribution in [0.15, 0.2) is 0 Å². The fourth-order valence-corrected chi connectivity index (χ4v) is 4.23. The Morgan fingerprint density at radius 1 is 1.05 bits per heavy atom. The van der Waals surface area contributed by atoms with E-state index in [0.717, 1.165) is 17.8 Å². The van der Waals surface area contributed by atoms with Gasteiger partial charge in [-0.2, -0.15) is 0 Å². The molecule has 0 aromatic rings. The Morgan fingerprint density at radius 3 is 2.24 bits per heavy atom. The third-order valence-corrected chi connectivity index (χ3v) is 5.86. The Kier molecular flexibility index (Phi) is 8.94. The highest BCUT2D eigenvalue weighted by atomic mass is 14.9. The molecule has 126 valence electrons. The fraction of sp³-hybridized carbons (Fsp3) is 1.00. The van der Waals surface area contributed by atoms with Crippen LogP contribution in [0.3, 0.4) is 0 Å². The minimum Gasteiger partial charge on any atom is -0.316 e. The van der Waals surface area contributed by atoms with Crippen molar-refractivity contribution in [3.8, 4) is 0 Å². The zero-order valence-electron chi connectivity index (χ0n) is 15.5. The van der Waals surface area contributed by atoms with E-state index in [1.54, 1.807) is 0 Å². The summed E-state index contributed by atoms with van der Waals surface area (Å²) in [5.74, 6) is 2.68. The summed E-state index contributed by atoms with van der Waals surface area (Å²) in [5, 5.41) is 3.79. The van der Waals surface area contributed by atoms with Gasteiger partial charge < -0.3 is 5.32 Å². The van der Waals surface area contributed by atoms with Crippen molar-refractivity contribution >= 4 is 0 Å². The van der Waals surface area contributed by atoms with Gasteiger partial charge in [-0.3, -0.25) is 0 Å². The first-order valence-corrected chi connectivity index (χ1v) is 9.74. The third-order valence-electron chi connectivity index (χ3n) is 5.86. The second kappa shape index (κ2) is 9.87. The normalized spacial score (nSPS) is 28.0. The molecule has 1 nitrogen and oxygen atoms in total. The summed E-state index contributed by atoms with van der Waals surface area (Å²) < 4.78 is 0. The van der Waals surface area contributed by atoms with Gasteiger partial charge in [-0.25, -0.2) is 0 Å². The van der Waals surface area contributed by atoms with E-state index in [1.165, 1.54) is 70.9 Å². The zero-order valence-corrected chi connectivity index (χ0v) is 15.5. The van der Waals surface area contributed by atoms with Gasteiger partial charge in [-0.1, -0.05) is 66.7 Å². The van der Waals surface area contributed by atoms with Crippen LogP contribution in [-0.2, 0) is 0 Å². The molecular weight excluding hydrogens is 254 g/mol. The van der Waals surface area contributed by atoms with E-state index in [4.69, 9.17) is 0 Å². The van der Waals surface area contributed by atoms with Gasteiger partial charge >= 0.3 is 0 Å². The zero-order chi connectivity index (χ0) is 15.7. The second-order valence-corrected chi connectivity index (χ2v) is 8.16. The van der Waals surface area contributed by atoms with Gasteiger partial charge in [0.05, 0.1) is 0 Å². The van der Waals surface area contributed by atoms with Crippen molar-refractivity contribution in [3.63, 3.8) is 0 Å². The molecule has 1 atom stereocenters. The quantitative estimate of drug-likeness (QED) is 0.518. The molecule has 1 aliphatic rings. The van der Waals surface area contributed by atoms with Gasteiger partial charge in [-0.05, 0) is 55.4 Å². The molecule has 1 heteroatoms. The first-order valence-electron chi connectivity index (χ1n) is 9.74. The highest BCUT2D eigenvalue weighted by molar-refractivity contribution is 4.91. The number of unbranched alkanes of at least 4 members (excludes halogenated alkanes) is 1. The molecular formula is C20H41N. The molecule has 1 saturated carbocycles. The smallest absolute Gasteiger partial charge is 0.00105 e. The van der Waals surface area contributed by atoms with Gasteiger partial charge in [0.25, 0.3) is 0 Å². The maximum atomic E-state index is 3.79. The van der Waals surface area contributed by atoms with Gasteiger partial charge in [0.2, 0.25) is 0 Å². The lowest BCUT2D eigenvalue weighted by Gasteiger charge is -2.45. The first-order chi connectivity index (χ1) is 10.0. The van der Waals surface area contributed by atoms with Crippen LogP contribution in [0.25, 0.3) is 0 Å². The molecule has 0 aromatic heterocycles. The van der Waals surface area contributed by atoms with Crippen LogP contribution >= 0.6 is 0 Å². The summed E-state index contributed by atoms with van der Waals surface area (Å²) in [6.07, 6.45) is 12.9. The van der Waals surface area contributed by atoms with Crippen molar-refractivity contribution in [3.05, 3.63) is 0 Å². The summed E-state index contributed by atoms with van der Waals surface area (Å²) in [5.41, 5.74) is 0.591. The fourth-order valence-electron chi connectivity index (χ4n) is 4.23. The molecule has 1 aliphatic carbocycles. The minimum absolute atomic E-state index is 0.591. The van der Waals surface area contributed by atoms with E-state index >= 15 is 0 Å². The van der Waals surface area contributed by atoms with Crippen molar-refractivity contribution in [1.29, 1.82) is 0 Å². The van der Waals surface area contributed by atoms with Crippen LogP contribution < -0.4 is 5.32 Å². The molecule has 0 bridgehead atoms. The Hall–Kier alpha value is -0.0400. The largest absolute Gasteiger partial charge is 0.316 e. The number of nitrogens with one attached hydrogen (secondary N) is 1. The molecule has 0 amide bonds. The summed E-state index contributed by atoms with van der Waals surface area (Å²) in [6, 6.07) is 0. The molecule has 21 heavy (non-hydrogen) atoms. The lowest BCUT2D eigenvalue weighted by molar-refractivity contribution is 0.0711. The summed E-state index contributed by atoms with van der Waals surface area (Å²) in [6.45, 7) is 14.3. The standard InChI is InChI=1S/C20H41N/c1-6-8-10-19-11-13-20(14-12-19,18(5)9-7-2)16-21-15-17(3)4/h17-19,21H,6-16H2,1-5H3. The van der Waals surface area contributed by atoms with Gasteiger partial charge in [0, 0.05) is 6.54 Å².